The Labute approximate surface area is 195 Å². The first-order valence-electron chi connectivity index (χ1n) is 11.9. The predicted molar refractivity (Wildman–Crippen MR) is 120 cm³/mol. The molecule has 7 atom stereocenters. The summed E-state index contributed by atoms with van der Waals surface area (Å²) < 4.78 is 24.6. The van der Waals surface area contributed by atoms with Gasteiger partial charge >= 0.3 is 11.9 Å². The van der Waals surface area contributed by atoms with Crippen molar-refractivity contribution in [2.24, 2.45) is 17.3 Å². The maximum absolute atomic E-state index is 12.0. The van der Waals surface area contributed by atoms with Crippen LogP contribution in [0.15, 0.2) is 30.3 Å². The monoisotopic (exact) mass is 460 g/mol. The molecular formula is C26H36O7. The zero-order valence-corrected chi connectivity index (χ0v) is 20.2. The van der Waals surface area contributed by atoms with Crippen molar-refractivity contribution < 1.29 is 33.6 Å². The van der Waals surface area contributed by atoms with E-state index in [2.05, 4.69) is 20.8 Å². The van der Waals surface area contributed by atoms with E-state index in [0.717, 1.165) is 12.0 Å². The van der Waals surface area contributed by atoms with Crippen LogP contribution in [-0.4, -0.2) is 53.2 Å². The van der Waals surface area contributed by atoms with E-state index < -0.39 is 46.9 Å². The Morgan fingerprint density at radius 2 is 1.82 bits per heavy atom. The Bertz CT molecular complexity index is 884. The number of esters is 2. The highest BCUT2D eigenvalue weighted by atomic mass is 16.6. The van der Waals surface area contributed by atoms with Gasteiger partial charge in [-0.05, 0) is 50.5 Å². The molecule has 2 aliphatic carbocycles. The van der Waals surface area contributed by atoms with Gasteiger partial charge in [0.25, 0.3) is 0 Å². The van der Waals surface area contributed by atoms with Gasteiger partial charge in [0.1, 0.15) is 18.8 Å². The van der Waals surface area contributed by atoms with E-state index in [9.17, 15) is 14.7 Å². The minimum Gasteiger partial charge on any atom is -0.465 e. The van der Waals surface area contributed by atoms with E-state index in [-0.39, 0.29) is 18.4 Å². The largest absolute Gasteiger partial charge is 0.465 e. The van der Waals surface area contributed by atoms with Crippen LogP contribution in [-0.2, 0) is 35.1 Å². The Morgan fingerprint density at radius 1 is 1.12 bits per heavy atom. The third kappa shape index (κ3) is 3.98. The quantitative estimate of drug-likeness (QED) is 0.651. The summed E-state index contributed by atoms with van der Waals surface area (Å²) >= 11 is 0. The average molecular weight is 461 g/mol. The average Bonchev–Trinajstić information content (AvgIpc) is 2.98. The molecule has 33 heavy (non-hydrogen) atoms. The Balaban J connectivity index is 1.79. The summed E-state index contributed by atoms with van der Waals surface area (Å²) in [6.07, 6.45) is -0.431. The van der Waals surface area contributed by atoms with Gasteiger partial charge < -0.3 is 24.1 Å². The van der Waals surface area contributed by atoms with Crippen LogP contribution in [0.25, 0.3) is 0 Å². The summed E-state index contributed by atoms with van der Waals surface area (Å²) in [4.78, 5) is 23.8. The highest BCUT2D eigenvalue weighted by molar-refractivity contribution is 5.66. The third-order valence-electron chi connectivity index (χ3n) is 8.23. The van der Waals surface area contributed by atoms with Crippen LogP contribution in [0.2, 0.25) is 0 Å². The maximum atomic E-state index is 12.0. The fourth-order valence-electron chi connectivity index (χ4n) is 6.64. The zero-order chi connectivity index (χ0) is 24.0. The molecule has 1 N–H and O–H groups in total. The highest BCUT2D eigenvalue weighted by Gasteiger charge is 2.76. The second kappa shape index (κ2) is 8.67. The lowest BCUT2D eigenvalue weighted by Gasteiger charge is -2.62. The Kier molecular flexibility index (Phi) is 6.35. The summed E-state index contributed by atoms with van der Waals surface area (Å²) in [5.74, 6) is -0.708. The zero-order valence-electron chi connectivity index (χ0n) is 20.2. The lowest BCUT2D eigenvalue weighted by molar-refractivity contribution is -0.303. The SMILES string of the molecule is CC(=O)OC[C@]12[C@@H](OCc3ccccc3)C[C@@H]3C[C@]1(OC3(C)C)[C@H](C)C[C@H](OC(C)=O)[C@@H]2O. The molecule has 0 radical (unpaired) electrons. The fraction of sp³-hybridized carbons (Fsp3) is 0.692. The summed E-state index contributed by atoms with van der Waals surface area (Å²) in [6.45, 7) is 9.23. The second-order valence-corrected chi connectivity index (χ2v) is 10.6. The van der Waals surface area contributed by atoms with E-state index in [1.54, 1.807) is 0 Å². The molecule has 3 aliphatic rings. The normalized spacial score (nSPS) is 38.9. The van der Waals surface area contributed by atoms with Crippen molar-refractivity contribution in [1.29, 1.82) is 0 Å². The number of aliphatic hydroxyl groups excluding tert-OH is 1. The summed E-state index contributed by atoms with van der Waals surface area (Å²) in [5.41, 5.74) is -1.25. The molecule has 182 valence electrons. The van der Waals surface area contributed by atoms with Crippen molar-refractivity contribution in [3.05, 3.63) is 35.9 Å². The van der Waals surface area contributed by atoms with Crippen LogP contribution in [0, 0.1) is 17.3 Å². The number of aliphatic hydroxyl groups is 1. The van der Waals surface area contributed by atoms with E-state index in [4.69, 9.17) is 18.9 Å². The number of benzene rings is 1. The third-order valence-corrected chi connectivity index (χ3v) is 8.23. The second-order valence-electron chi connectivity index (χ2n) is 10.6. The number of rotatable bonds is 6. The lowest BCUT2D eigenvalue weighted by atomic mass is 9.49. The van der Waals surface area contributed by atoms with Crippen molar-refractivity contribution >= 4 is 11.9 Å². The van der Waals surface area contributed by atoms with Crippen molar-refractivity contribution in [1.82, 2.24) is 0 Å². The van der Waals surface area contributed by atoms with Gasteiger partial charge in [-0.25, -0.2) is 0 Å². The molecule has 1 aliphatic heterocycles. The van der Waals surface area contributed by atoms with Crippen molar-refractivity contribution in [3.8, 4) is 0 Å². The minimum absolute atomic E-state index is 0.0480. The molecule has 2 saturated carbocycles. The first-order chi connectivity index (χ1) is 15.5. The molecule has 7 nitrogen and oxygen atoms in total. The van der Waals surface area contributed by atoms with Crippen molar-refractivity contribution in [3.63, 3.8) is 0 Å². The molecule has 0 aromatic heterocycles. The van der Waals surface area contributed by atoms with Crippen LogP contribution in [0.4, 0.5) is 0 Å². The van der Waals surface area contributed by atoms with Crippen LogP contribution in [0.1, 0.15) is 59.4 Å². The molecule has 1 aromatic carbocycles. The number of carbonyl (C=O) groups excluding carboxylic acids is 2. The Hall–Kier alpha value is -1.96. The van der Waals surface area contributed by atoms with Gasteiger partial charge in [0, 0.05) is 13.8 Å². The summed E-state index contributed by atoms with van der Waals surface area (Å²) in [6, 6.07) is 9.86. The molecule has 1 spiro atoms. The molecule has 3 fully saturated rings. The van der Waals surface area contributed by atoms with E-state index in [0.29, 0.717) is 19.4 Å². The molecule has 2 bridgehead atoms. The van der Waals surface area contributed by atoms with Crippen LogP contribution in [0.5, 0.6) is 0 Å². The number of hydrogen-bond acceptors (Lipinski definition) is 7. The Morgan fingerprint density at radius 3 is 2.45 bits per heavy atom. The summed E-state index contributed by atoms with van der Waals surface area (Å²) in [7, 11) is 0. The standard InChI is InChI=1S/C26H36O7/c1-16-11-21(32-18(3)28)23(29)25(15-31-17(2)27)22(30-14-19-9-7-6-8-10-19)12-20-13-26(16,25)33-24(20,4)5/h6-10,16,20-23,29H,11-15H2,1-5H3/t16-,20-,21+,22+,23+,25-,26+/m1/s1. The number of ether oxygens (including phenoxy) is 4. The maximum Gasteiger partial charge on any atom is 0.302 e. The van der Waals surface area contributed by atoms with Crippen LogP contribution < -0.4 is 0 Å². The highest BCUT2D eigenvalue weighted by Crippen LogP contribution is 2.66. The number of hydrogen-bond donors (Lipinski definition) is 1. The first-order valence-corrected chi connectivity index (χ1v) is 11.9. The van der Waals surface area contributed by atoms with Gasteiger partial charge in [-0.1, -0.05) is 37.3 Å². The smallest absolute Gasteiger partial charge is 0.302 e. The first kappa shape index (κ1) is 24.2. The molecule has 1 saturated heterocycles. The fourth-order valence-corrected chi connectivity index (χ4v) is 6.64. The molecule has 7 heteroatoms. The van der Waals surface area contributed by atoms with Gasteiger partial charge in [0.2, 0.25) is 0 Å². The van der Waals surface area contributed by atoms with E-state index in [1.807, 2.05) is 30.3 Å². The van der Waals surface area contributed by atoms with Crippen molar-refractivity contribution in [2.75, 3.05) is 6.61 Å². The van der Waals surface area contributed by atoms with Gasteiger partial charge in [-0.3, -0.25) is 9.59 Å². The number of carbonyl (C=O) groups is 2. The van der Waals surface area contributed by atoms with Gasteiger partial charge in [0.05, 0.1) is 29.3 Å². The number of fused-ring (bicyclic) bond motifs is 1. The predicted octanol–water partition coefficient (Wildman–Crippen LogP) is 3.41. The minimum atomic E-state index is -1.10. The van der Waals surface area contributed by atoms with Gasteiger partial charge in [-0.15, -0.1) is 0 Å². The van der Waals surface area contributed by atoms with Crippen molar-refractivity contribution in [2.45, 2.75) is 90.0 Å². The molecular weight excluding hydrogens is 424 g/mol. The van der Waals surface area contributed by atoms with Crippen LogP contribution in [0.3, 0.4) is 0 Å². The van der Waals surface area contributed by atoms with Gasteiger partial charge in [0.15, 0.2) is 0 Å². The van der Waals surface area contributed by atoms with E-state index in [1.165, 1.54) is 13.8 Å². The van der Waals surface area contributed by atoms with E-state index >= 15 is 0 Å². The van der Waals surface area contributed by atoms with Gasteiger partial charge in [-0.2, -0.15) is 0 Å². The van der Waals surface area contributed by atoms with Crippen LogP contribution >= 0.6 is 0 Å². The molecule has 0 unspecified atom stereocenters. The molecule has 0 amide bonds. The molecule has 1 aromatic rings. The molecule has 1 heterocycles. The summed E-state index contributed by atoms with van der Waals surface area (Å²) in [5, 5.41) is 11.8. The topological polar surface area (TPSA) is 91.3 Å². The lowest BCUT2D eigenvalue weighted by Crippen LogP contribution is -2.73. The molecule has 4 rings (SSSR count).